The van der Waals surface area contributed by atoms with Crippen molar-refractivity contribution in [2.24, 2.45) is 0 Å². The summed E-state index contributed by atoms with van der Waals surface area (Å²) in [6.45, 7) is 3.46. The molecule has 0 saturated carbocycles. The second-order valence-electron chi connectivity index (χ2n) is 4.86. The molecule has 0 fully saturated rings. The van der Waals surface area contributed by atoms with Gasteiger partial charge in [0.1, 0.15) is 5.69 Å². The molecule has 0 spiro atoms. The summed E-state index contributed by atoms with van der Waals surface area (Å²) in [5, 5.41) is 4.62. The van der Waals surface area contributed by atoms with Crippen LogP contribution in [0.5, 0.6) is 0 Å². The van der Waals surface area contributed by atoms with Gasteiger partial charge in [-0.05, 0) is 29.7 Å². The number of carbonyl (C=O) groups excluding carboxylic acids is 2. The lowest BCUT2D eigenvalue weighted by Crippen LogP contribution is -2.07. The van der Waals surface area contributed by atoms with E-state index in [1.807, 2.05) is 36.4 Å². The van der Waals surface area contributed by atoms with Gasteiger partial charge in [-0.3, -0.25) is 9.59 Å². The number of anilines is 1. The van der Waals surface area contributed by atoms with Crippen molar-refractivity contribution < 1.29 is 9.59 Å². The van der Waals surface area contributed by atoms with E-state index in [4.69, 9.17) is 0 Å². The number of aldehydes is 1. The Balaban J connectivity index is 2.13. The molecular formula is C18H13N3O2. The quantitative estimate of drug-likeness (QED) is 0.593. The van der Waals surface area contributed by atoms with Crippen LogP contribution in [0.4, 0.5) is 5.69 Å². The topological polar surface area (TPSA) is 72.0 Å². The number of nitrogens with zero attached hydrogens (tertiary/aromatic N) is 2. The van der Waals surface area contributed by atoms with E-state index in [-0.39, 0.29) is 5.91 Å². The van der Waals surface area contributed by atoms with Gasteiger partial charge in [0.2, 0.25) is 5.91 Å². The molecule has 0 unspecified atom stereocenters. The molecule has 0 bridgehead atoms. The summed E-state index contributed by atoms with van der Waals surface area (Å²) in [6, 6.07) is 12.9. The fourth-order valence-electron chi connectivity index (χ4n) is 2.28. The minimum absolute atomic E-state index is 0.276. The number of benzene rings is 2. The van der Waals surface area contributed by atoms with E-state index in [9.17, 15) is 9.59 Å². The third-order valence-electron chi connectivity index (χ3n) is 3.38. The van der Waals surface area contributed by atoms with E-state index in [1.165, 1.54) is 6.08 Å². The molecule has 1 amide bonds. The lowest BCUT2D eigenvalue weighted by molar-refractivity contribution is -0.111. The van der Waals surface area contributed by atoms with Crippen LogP contribution >= 0.6 is 0 Å². The van der Waals surface area contributed by atoms with E-state index in [0.29, 0.717) is 23.5 Å². The van der Waals surface area contributed by atoms with Gasteiger partial charge in [-0.2, -0.15) is 0 Å². The SMILES string of the molecule is C=CC(=O)Nc1cccc2ccc(-c3nccc(C=O)n3)cc12. The molecule has 5 heteroatoms. The normalized spacial score (nSPS) is 10.3. The average molecular weight is 303 g/mol. The Labute approximate surface area is 132 Å². The van der Waals surface area contributed by atoms with Crippen molar-refractivity contribution in [3.63, 3.8) is 0 Å². The first-order chi connectivity index (χ1) is 11.2. The predicted molar refractivity (Wildman–Crippen MR) is 89.2 cm³/mol. The first kappa shape index (κ1) is 14.6. The summed E-state index contributed by atoms with van der Waals surface area (Å²) in [7, 11) is 0. The maximum absolute atomic E-state index is 11.6. The molecule has 0 aliphatic rings. The molecule has 0 saturated heterocycles. The molecule has 0 atom stereocenters. The van der Waals surface area contributed by atoms with Crippen molar-refractivity contribution >= 4 is 28.7 Å². The van der Waals surface area contributed by atoms with E-state index in [0.717, 1.165) is 16.3 Å². The van der Waals surface area contributed by atoms with Crippen molar-refractivity contribution in [3.8, 4) is 11.4 Å². The Morgan fingerprint density at radius 2 is 2.04 bits per heavy atom. The van der Waals surface area contributed by atoms with Crippen molar-refractivity contribution in [2.45, 2.75) is 0 Å². The van der Waals surface area contributed by atoms with Crippen molar-refractivity contribution in [2.75, 3.05) is 5.32 Å². The number of aromatic nitrogens is 2. The summed E-state index contributed by atoms with van der Waals surface area (Å²) < 4.78 is 0. The largest absolute Gasteiger partial charge is 0.322 e. The number of rotatable bonds is 4. The van der Waals surface area contributed by atoms with Crippen LogP contribution in [0.25, 0.3) is 22.2 Å². The third kappa shape index (κ3) is 2.98. The standard InChI is InChI=1S/C18H13N3O2/c1-2-17(23)21-16-5-3-4-12-6-7-13(10-15(12)16)18-19-9-8-14(11-22)20-18/h2-11H,1H2,(H,21,23). The molecule has 1 heterocycles. The number of carbonyl (C=O) groups is 2. The van der Waals surface area contributed by atoms with Crippen molar-refractivity contribution in [1.82, 2.24) is 9.97 Å². The van der Waals surface area contributed by atoms with E-state index in [1.54, 1.807) is 12.3 Å². The van der Waals surface area contributed by atoms with Crippen LogP contribution in [0.15, 0.2) is 61.3 Å². The van der Waals surface area contributed by atoms with E-state index in [2.05, 4.69) is 21.9 Å². The molecule has 3 aromatic rings. The zero-order valence-electron chi connectivity index (χ0n) is 12.2. The molecule has 1 N–H and O–H groups in total. The molecule has 23 heavy (non-hydrogen) atoms. The van der Waals surface area contributed by atoms with Gasteiger partial charge in [0, 0.05) is 22.8 Å². The van der Waals surface area contributed by atoms with Gasteiger partial charge in [0.05, 0.1) is 0 Å². The maximum atomic E-state index is 11.6. The van der Waals surface area contributed by atoms with Gasteiger partial charge < -0.3 is 5.32 Å². The van der Waals surface area contributed by atoms with Gasteiger partial charge in [0.15, 0.2) is 12.1 Å². The molecule has 0 aliphatic heterocycles. The minimum atomic E-state index is -0.276. The van der Waals surface area contributed by atoms with E-state index >= 15 is 0 Å². The molecule has 112 valence electrons. The smallest absolute Gasteiger partial charge is 0.247 e. The van der Waals surface area contributed by atoms with Gasteiger partial charge in [-0.25, -0.2) is 9.97 Å². The number of nitrogens with one attached hydrogen (secondary N) is 1. The molecule has 0 radical (unpaired) electrons. The Bertz CT molecular complexity index is 919. The number of amides is 1. The minimum Gasteiger partial charge on any atom is -0.322 e. The predicted octanol–water partition coefficient (Wildman–Crippen LogP) is 3.23. The third-order valence-corrected chi connectivity index (χ3v) is 3.38. The highest BCUT2D eigenvalue weighted by atomic mass is 16.1. The molecule has 3 rings (SSSR count). The van der Waals surface area contributed by atoms with Crippen LogP contribution in [-0.4, -0.2) is 22.2 Å². The Kier molecular flexibility index (Phi) is 3.93. The highest BCUT2D eigenvalue weighted by Gasteiger charge is 2.07. The highest BCUT2D eigenvalue weighted by Crippen LogP contribution is 2.27. The van der Waals surface area contributed by atoms with Crippen LogP contribution in [0.2, 0.25) is 0 Å². The summed E-state index contributed by atoms with van der Waals surface area (Å²) >= 11 is 0. The van der Waals surface area contributed by atoms with Crippen molar-refractivity contribution in [1.29, 1.82) is 0 Å². The Morgan fingerprint density at radius 1 is 1.17 bits per heavy atom. The van der Waals surface area contributed by atoms with Crippen LogP contribution in [-0.2, 0) is 4.79 Å². The van der Waals surface area contributed by atoms with Crippen LogP contribution in [0, 0.1) is 0 Å². The lowest BCUT2D eigenvalue weighted by atomic mass is 10.0. The second-order valence-corrected chi connectivity index (χ2v) is 4.86. The number of hydrogen-bond donors (Lipinski definition) is 1. The average Bonchev–Trinajstić information content (AvgIpc) is 2.61. The van der Waals surface area contributed by atoms with Crippen molar-refractivity contribution in [3.05, 3.63) is 67.0 Å². The van der Waals surface area contributed by atoms with Gasteiger partial charge in [0.25, 0.3) is 0 Å². The number of fused-ring (bicyclic) bond motifs is 1. The molecule has 1 aromatic heterocycles. The zero-order chi connectivity index (χ0) is 16.2. The van der Waals surface area contributed by atoms with Gasteiger partial charge in [-0.15, -0.1) is 0 Å². The lowest BCUT2D eigenvalue weighted by Gasteiger charge is -2.09. The summed E-state index contributed by atoms with van der Waals surface area (Å²) in [4.78, 5) is 30.8. The molecule has 5 nitrogen and oxygen atoms in total. The zero-order valence-corrected chi connectivity index (χ0v) is 12.2. The molecule has 2 aromatic carbocycles. The monoisotopic (exact) mass is 303 g/mol. The van der Waals surface area contributed by atoms with Crippen LogP contribution < -0.4 is 5.32 Å². The highest BCUT2D eigenvalue weighted by molar-refractivity contribution is 6.06. The van der Waals surface area contributed by atoms with Crippen LogP contribution in [0.3, 0.4) is 0 Å². The summed E-state index contributed by atoms with van der Waals surface area (Å²) in [5.41, 5.74) is 1.77. The molecule has 0 aliphatic carbocycles. The maximum Gasteiger partial charge on any atom is 0.247 e. The fraction of sp³-hybridized carbons (Fsp3) is 0. The Morgan fingerprint density at radius 3 is 2.83 bits per heavy atom. The van der Waals surface area contributed by atoms with Crippen LogP contribution in [0.1, 0.15) is 10.5 Å². The van der Waals surface area contributed by atoms with Gasteiger partial charge >= 0.3 is 0 Å². The first-order valence-corrected chi connectivity index (χ1v) is 6.96. The Hall–Kier alpha value is -3.34. The summed E-state index contributed by atoms with van der Waals surface area (Å²) in [6.07, 6.45) is 3.45. The first-order valence-electron chi connectivity index (χ1n) is 6.96. The van der Waals surface area contributed by atoms with E-state index < -0.39 is 0 Å². The molecular weight excluding hydrogens is 290 g/mol. The van der Waals surface area contributed by atoms with Gasteiger partial charge in [-0.1, -0.05) is 30.8 Å². The fourth-order valence-corrected chi connectivity index (χ4v) is 2.28. The second kappa shape index (κ2) is 6.19. The number of hydrogen-bond acceptors (Lipinski definition) is 4. The summed E-state index contributed by atoms with van der Waals surface area (Å²) in [5.74, 6) is 0.184.